The fourth-order valence-electron chi connectivity index (χ4n) is 1.59. The number of aromatic amines is 1. The summed E-state index contributed by atoms with van der Waals surface area (Å²) in [6, 6.07) is 7.45. The van der Waals surface area contributed by atoms with E-state index in [0.29, 0.717) is 18.0 Å². The van der Waals surface area contributed by atoms with Gasteiger partial charge >= 0.3 is 5.97 Å². The zero-order valence-corrected chi connectivity index (χ0v) is 8.41. The molecular weight excluding hydrogens is 192 g/mol. The number of hydrogen-bond donors (Lipinski definition) is 2. The summed E-state index contributed by atoms with van der Waals surface area (Å²) in [5.74, 6) is -0.0258. The highest BCUT2D eigenvalue weighted by atomic mass is 16.5. The number of fused-ring (bicyclic) bond motifs is 1. The molecule has 2 aromatic rings. The van der Waals surface area contributed by atoms with E-state index in [2.05, 4.69) is 4.98 Å². The molecule has 0 atom stereocenters. The Morgan fingerprint density at radius 2 is 2.20 bits per heavy atom. The molecule has 1 aromatic heterocycles. The number of carbonyl (C=O) groups excluding carboxylic acids is 1. The van der Waals surface area contributed by atoms with Crippen molar-refractivity contribution in [1.29, 1.82) is 0 Å². The van der Waals surface area contributed by atoms with Gasteiger partial charge in [-0.2, -0.15) is 0 Å². The second-order valence-electron chi connectivity index (χ2n) is 3.18. The molecular formula is C11H12N2O2. The van der Waals surface area contributed by atoms with Gasteiger partial charge in [-0.1, -0.05) is 18.2 Å². The first-order chi connectivity index (χ1) is 7.24. The van der Waals surface area contributed by atoms with Crippen LogP contribution in [0, 0.1) is 0 Å². The molecule has 3 N–H and O–H groups in total. The number of nitrogens with two attached hydrogens (primary N) is 1. The summed E-state index contributed by atoms with van der Waals surface area (Å²) >= 11 is 0. The van der Waals surface area contributed by atoms with Crippen LogP contribution in [-0.4, -0.2) is 17.6 Å². The first-order valence-corrected chi connectivity index (χ1v) is 4.77. The molecule has 4 heteroatoms. The molecule has 0 amide bonds. The number of benzene rings is 1. The van der Waals surface area contributed by atoms with Gasteiger partial charge in [0.1, 0.15) is 11.4 Å². The Labute approximate surface area is 87.0 Å². The molecule has 0 unspecified atom stereocenters. The number of rotatable bonds is 2. The van der Waals surface area contributed by atoms with E-state index in [1.165, 1.54) is 0 Å². The lowest BCUT2D eigenvalue weighted by Crippen LogP contribution is -2.06. The topological polar surface area (TPSA) is 68.1 Å². The maximum Gasteiger partial charge on any atom is 0.342 e. The van der Waals surface area contributed by atoms with Gasteiger partial charge in [-0.3, -0.25) is 0 Å². The minimum absolute atomic E-state index is 0.345. The van der Waals surface area contributed by atoms with Crippen molar-refractivity contribution in [2.45, 2.75) is 6.92 Å². The van der Waals surface area contributed by atoms with Gasteiger partial charge in [-0.15, -0.1) is 0 Å². The summed E-state index contributed by atoms with van der Waals surface area (Å²) in [4.78, 5) is 14.6. The quantitative estimate of drug-likeness (QED) is 0.734. The van der Waals surface area contributed by atoms with E-state index in [9.17, 15) is 4.79 Å². The number of esters is 1. The number of H-pyrrole nitrogens is 1. The van der Waals surface area contributed by atoms with Crippen molar-refractivity contribution in [3.8, 4) is 0 Å². The molecule has 0 aliphatic rings. The van der Waals surface area contributed by atoms with Crippen LogP contribution in [0.1, 0.15) is 17.3 Å². The molecule has 0 aliphatic carbocycles. The molecule has 4 nitrogen and oxygen atoms in total. The smallest absolute Gasteiger partial charge is 0.342 e. The minimum Gasteiger partial charge on any atom is -0.462 e. The summed E-state index contributed by atoms with van der Waals surface area (Å²) in [6.45, 7) is 2.11. The number of aromatic nitrogens is 1. The van der Waals surface area contributed by atoms with Crippen molar-refractivity contribution in [2.75, 3.05) is 12.3 Å². The van der Waals surface area contributed by atoms with Crippen molar-refractivity contribution < 1.29 is 9.53 Å². The van der Waals surface area contributed by atoms with E-state index < -0.39 is 0 Å². The average Bonchev–Trinajstić information content (AvgIpc) is 2.54. The second-order valence-corrected chi connectivity index (χ2v) is 3.18. The van der Waals surface area contributed by atoms with Crippen LogP contribution in [0.4, 0.5) is 5.82 Å². The average molecular weight is 204 g/mol. The number of nitrogen functional groups attached to an aromatic ring is 1. The van der Waals surface area contributed by atoms with Crippen LogP contribution in [0.5, 0.6) is 0 Å². The van der Waals surface area contributed by atoms with Gasteiger partial charge in [0.2, 0.25) is 0 Å². The van der Waals surface area contributed by atoms with Crippen LogP contribution < -0.4 is 5.73 Å². The normalized spacial score (nSPS) is 10.5. The lowest BCUT2D eigenvalue weighted by atomic mass is 10.1. The van der Waals surface area contributed by atoms with Crippen molar-refractivity contribution in [3.63, 3.8) is 0 Å². The van der Waals surface area contributed by atoms with Gasteiger partial charge in [-0.05, 0) is 13.0 Å². The molecule has 0 saturated carbocycles. The highest BCUT2D eigenvalue weighted by Gasteiger charge is 2.16. The molecule has 0 spiro atoms. The molecule has 0 saturated heterocycles. The van der Waals surface area contributed by atoms with Gasteiger partial charge in [-0.25, -0.2) is 4.79 Å². The number of carbonyl (C=O) groups is 1. The van der Waals surface area contributed by atoms with Gasteiger partial charge in [0.25, 0.3) is 0 Å². The zero-order chi connectivity index (χ0) is 10.8. The number of para-hydroxylation sites is 1. The van der Waals surface area contributed by atoms with Crippen molar-refractivity contribution in [3.05, 3.63) is 29.8 Å². The fourth-order valence-corrected chi connectivity index (χ4v) is 1.59. The molecule has 0 radical (unpaired) electrons. The number of ether oxygens (including phenoxy) is 1. The molecule has 15 heavy (non-hydrogen) atoms. The summed E-state index contributed by atoms with van der Waals surface area (Å²) in [5, 5.41) is 0.799. The third kappa shape index (κ3) is 1.54. The summed E-state index contributed by atoms with van der Waals surface area (Å²) < 4.78 is 4.94. The van der Waals surface area contributed by atoms with Crippen molar-refractivity contribution in [2.24, 2.45) is 0 Å². The third-order valence-corrected chi connectivity index (χ3v) is 2.21. The molecule has 0 bridgehead atoms. The van der Waals surface area contributed by atoms with Crippen molar-refractivity contribution in [1.82, 2.24) is 4.98 Å². The number of hydrogen-bond acceptors (Lipinski definition) is 3. The Hall–Kier alpha value is -1.97. The molecule has 1 aromatic carbocycles. The van der Waals surface area contributed by atoms with E-state index in [1.807, 2.05) is 24.3 Å². The van der Waals surface area contributed by atoms with E-state index in [1.54, 1.807) is 6.92 Å². The van der Waals surface area contributed by atoms with Gasteiger partial charge in [0, 0.05) is 10.9 Å². The Balaban J connectivity index is 2.58. The van der Waals surface area contributed by atoms with Crippen LogP contribution in [0.15, 0.2) is 24.3 Å². The van der Waals surface area contributed by atoms with Gasteiger partial charge in [0.15, 0.2) is 0 Å². The Morgan fingerprint density at radius 3 is 2.93 bits per heavy atom. The molecule has 78 valence electrons. The van der Waals surface area contributed by atoms with Crippen LogP contribution in [0.3, 0.4) is 0 Å². The number of nitrogens with one attached hydrogen (secondary N) is 1. The Kier molecular flexibility index (Phi) is 2.33. The van der Waals surface area contributed by atoms with E-state index >= 15 is 0 Å². The van der Waals surface area contributed by atoms with Crippen LogP contribution in [0.25, 0.3) is 10.9 Å². The monoisotopic (exact) mass is 204 g/mol. The maximum atomic E-state index is 11.6. The van der Waals surface area contributed by atoms with E-state index in [-0.39, 0.29) is 5.97 Å². The van der Waals surface area contributed by atoms with E-state index in [0.717, 1.165) is 10.9 Å². The summed E-state index contributed by atoms with van der Waals surface area (Å²) in [5.41, 5.74) is 7.00. The standard InChI is InChI=1S/C11H12N2O2/c1-2-15-11(14)9-7-5-3-4-6-8(7)13-10(9)12/h3-6,13H,2,12H2,1H3. The maximum absolute atomic E-state index is 11.6. The highest BCUT2D eigenvalue weighted by molar-refractivity contribution is 6.08. The van der Waals surface area contributed by atoms with Crippen LogP contribution in [0.2, 0.25) is 0 Å². The molecule has 0 aliphatic heterocycles. The molecule has 2 rings (SSSR count). The predicted molar refractivity (Wildman–Crippen MR) is 58.7 cm³/mol. The Morgan fingerprint density at radius 1 is 1.47 bits per heavy atom. The minimum atomic E-state index is -0.382. The van der Waals surface area contributed by atoms with Crippen LogP contribution >= 0.6 is 0 Å². The number of anilines is 1. The van der Waals surface area contributed by atoms with E-state index in [4.69, 9.17) is 10.5 Å². The molecule has 0 fully saturated rings. The van der Waals surface area contributed by atoms with Crippen molar-refractivity contribution >= 4 is 22.7 Å². The molecule has 1 heterocycles. The largest absolute Gasteiger partial charge is 0.462 e. The highest BCUT2D eigenvalue weighted by Crippen LogP contribution is 2.24. The summed E-state index contributed by atoms with van der Waals surface area (Å²) in [6.07, 6.45) is 0. The summed E-state index contributed by atoms with van der Waals surface area (Å²) in [7, 11) is 0. The SMILES string of the molecule is CCOC(=O)c1c(N)[nH]c2ccccc12. The lowest BCUT2D eigenvalue weighted by Gasteiger charge is -2.00. The zero-order valence-electron chi connectivity index (χ0n) is 8.41. The van der Waals surface area contributed by atoms with Gasteiger partial charge < -0.3 is 15.5 Å². The van der Waals surface area contributed by atoms with Crippen LogP contribution in [-0.2, 0) is 4.74 Å². The first kappa shape index (κ1) is 9.58. The lowest BCUT2D eigenvalue weighted by molar-refractivity contribution is 0.0530. The third-order valence-electron chi connectivity index (χ3n) is 2.21. The Bertz CT molecular complexity index is 502. The first-order valence-electron chi connectivity index (χ1n) is 4.77. The predicted octanol–water partition coefficient (Wildman–Crippen LogP) is 1.93. The fraction of sp³-hybridized carbons (Fsp3) is 0.182. The van der Waals surface area contributed by atoms with Gasteiger partial charge in [0.05, 0.1) is 6.61 Å². The second kappa shape index (κ2) is 3.65.